The summed E-state index contributed by atoms with van der Waals surface area (Å²) in [5.74, 6) is -1.67. The highest BCUT2D eigenvalue weighted by Gasteiger charge is 2.55. The molecule has 0 radical (unpaired) electrons. The van der Waals surface area contributed by atoms with E-state index in [1.54, 1.807) is 0 Å². The second kappa shape index (κ2) is 9.69. The highest BCUT2D eigenvalue weighted by molar-refractivity contribution is 6.20. The summed E-state index contributed by atoms with van der Waals surface area (Å²) < 4.78 is 103. The summed E-state index contributed by atoms with van der Waals surface area (Å²) in [6.45, 7) is 0. The van der Waals surface area contributed by atoms with Crippen LogP contribution in [0.25, 0.3) is 0 Å². The summed E-state index contributed by atoms with van der Waals surface area (Å²) >= 11 is 5.71. The van der Waals surface area contributed by atoms with E-state index in [4.69, 9.17) is 16.3 Å². The van der Waals surface area contributed by atoms with Crippen LogP contribution in [0.3, 0.4) is 0 Å². The van der Waals surface area contributed by atoms with Gasteiger partial charge in [-0.3, -0.25) is 4.74 Å². The number of alkyl halides is 8. The minimum absolute atomic E-state index is 0.236. The molecule has 0 heterocycles. The molecule has 0 N–H and O–H groups in total. The molecule has 3 aliphatic rings. The first-order valence-electron chi connectivity index (χ1n) is 10.7. The van der Waals surface area contributed by atoms with Crippen LogP contribution < -0.4 is 0 Å². The minimum atomic E-state index is -4.63. The van der Waals surface area contributed by atoms with Gasteiger partial charge in [-0.15, -0.1) is 24.8 Å². The van der Waals surface area contributed by atoms with Gasteiger partial charge in [-0.25, -0.2) is 8.78 Å². The zero-order valence-electron chi connectivity index (χ0n) is 16.5. The van der Waals surface area contributed by atoms with E-state index >= 15 is 0 Å². The van der Waals surface area contributed by atoms with E-state index in [0.29, 0.717) is 51.4 Å². The van der Waals surface area contributed by atoms with Gasteiger partial charge in [0.1, 0.15) is 18.3 Å². The Morgan fingerprint density at radius 2 is 1.03 bits per heavy atom. The minimum Gasteiger partial charge on any atom is -0.317 e. The van der Waals surface area contributed by atoms with E-state index in [0.717, 1.165) is 0 Å². The van der Waals surface area contributed by atoms with Crippen LogP contribution in [0.1, 0.15) is 64.2 Å². The number of hydrogen-bond acceptors (Lipinski definition) is 2. The third-order valence-electron chi connectivity index (χ3n) is 6.86. The second-order valence-corrected chi connectivity index (χ2v) is 9.56. The third-order valence-corrected chi connectivity index (χ3v) is 7.21. The molecule has 0 spiro atoms. The Balaban J connectivity index is 1.44. The zero-order valence-corrected chi connectivity index (χ0v) is 17.3. The van der Waals surface area contributed by atoms with Gasteiger partial charge >= 0.3 is 12.5 Å². The first-order valence-corrected chi connectivity index (χ1v) is 11.1. The van der Waals surface area contributed by atoms with Crippen molar-refractivity contribution in [2.75, 3.05) is 0 Å². The molecular weight excluding hydrogens is 441 g/mol. The maximum absolute atomic E-state index is 14.5. The lowest BCUT2D eigenvalue weighted by atomic mass is 9.72. The monoisotopic (exact) mass is 468 g/mol. The van der Waals surface area contributed by atoms with Crippen LogP contribution in [-0.2, 0) is 9.47 Å². The molecule has 3 saturated carbocycles. The molecule has 0 bridgehead atoms. The van der Waals surface area contributed by atoms with Crippen LogP contribution in [0.5, 0.6) is 0 Å². The van der Waals surface area contributed by atoms with E-state index in [-0.39, 0.29) is 24.7 Å². The van der Waals surface area contributed by atoms with Gasteiger partial charge in [0, 0.05) is 5.38 Å². The summed E-state index contributed by atoms with van der Waals surface area (Å²) in [7, 11) is 0. The van der Waals surface area contributed by atoms with Crippen molar-refractivity contribution in [3.63, 3.8) is 0 Å². The fourth-order valence-corrected chi connectivity index (χ4v) is 5.71. The molecule has 0 amide bonds. The van der Waals surface area contributed by atoms with Gasteiger partial charge in [0.25, 0.3) is 0 Å². The quantitative estimate of drug-likeness (QED) is 0.321. The van der Waals surface area contributed by atoms with Crippen molar-refractivity contribution in [1.29, 1.82) is 0 Å². The van der Waals surface area contributed by atoms with E-state index in [2.05, 4.69) is 4.74 Å². The van der Waals surface area contributed by atoms with Gasteiger partial charge in [-0.05, 0) is 76.0 Å². The molecule has 2 nitrogen and oxygen atoms in total. The standard InChI is InChI=1S/C20H28ClF7O2/c21-13-9-16(22)18(17(23)10-13)19(24,25)29-14-5-1-11(2-6-14)12-3-7-15(8-4-12)30-20(26,27)28/h11-18H,1-10H2. The van der Waals surface area contributed by atoms with Crippen molar-refractivity contribution in [2.24, 2.45) is 17.8 Å². The summed E-state index contributed by atoms with van der Waals surface area (Å²) in [4.78, 5) is 0. The van der Waals surface area contributed by atoms with Gasteiger partial charge in [0.2, 0.25) is 0 Å². The molecule has 3 aliphatic carbocycles. The maximum Gasteiger partial charge on any atom is 0.522 e. The molecule has 30 heavy (non-hydrogen) atoms. The average Bonchev–Trinajstić information content (AvgIpc) is 2.60. The van der Waals surface area contributed by atoms with Crippen molar-refractivity contribution in [3.05, 3.63) is 0 Å². The lowest BCUT2D eigenvalue weighted by molar-refractivity contribution is -0.346. The van der Waals surface area contributed by atoms with Gasteiger partial charge < -0.3 is 4.74 Å². The lowest BCUT2D eigenvalue weighted by Gasteiger charge is -2.41. The Morgan fingerprint density at radius 1 is 0.633 bits per heavy atom. The zero-order chi connectivity index (χ0) is 22.1. The normalized spacial score (nSPS) is 41.6. The third kappa shape index (κ3) is 6.37. The Kier molecular flexibility index (Phi) is 7.87. The molecule has 3 rings (SSSR count). The van der Waals surface area contributed by atoms with E-state index in [9.17, 15) is 30.7 Å². The van der Waals surface area contributed by atoms with Crippen LogP contribution in [0.15, 0.2) is 0 Å². The highest BCUT2D eigenvalue weighted by atomic mass is 35.5. The molecule has 0 aromatic heterocycles. The molecule has 2 atom stereocenters. The predicted octanol–water partition coefficient (Wildman–Crippen LogP) is 6.94. The Hall–Kier alpha value is -0.280. The second-order valence-electron chi connectivity index (χ2n) is 8.94. The van der Waals surface area contributed by atoms with Crippen LogP contribution in [0.2, 0.25) is 0 Å². The van der Waals surface area contributed by atoms with Gasteiger partial charge in [0.05, 0.1) is 12.2 Å². The van der Waals surface area contributed by atoms with Gasteiger partial charge in [0.15, 0.2) is 0 Å². The van der Waals surface area contributed by atoms with Crippen molar-refractivity contribution in [1.82, 2.24) is 0 Å². The maximum atomic E-state index is 14.5. The SMILES string of the molecule is FC1CC(Cl)CC(F)C1C(F)(F)OC1CCC(C2CCC(OC(F)(F)F)CC2)CC1. The predicted molar refractivity (Wildman–Crippen MR) is 96.8 cm³/mol. The summed E-state index contributed by atoms with van der Waals surface area (Å²) in [6, 6.07) is 0. The molecule has 0 aromatic rings. The number of rotatable bonds is 5. The molecule has 176 valence electrons. The molecule has 0 aliphatic heterocycles. The first kappa shape index (κ1) is 24.4. The Labute approximate surface area is 176 Å². The number of ether oxygens (including phenoxy) is 2. The highest BCUT2D eigenvalue weighted by Crippen LogP contribution is 2.45. The summed E-state index contributed by atoms with van der Waals surface area (Å²) in [6.07, 6.45) is -11.1. The van der Waals surface area contributed by atoms with Crippen LogP contribution in [0.4, 0.5) is 30.7 Å². The first-order chi connectivity index (χ1) is 13.9. The molecule has 0 saturated heterocycles. The molecular formula is C20H28ClF7O2. The van der Waals surface area contributed by atoms with E-state index < -0.39 is 48.3 Å². The van der Waals surface area contributed by atoms with Gasteiger partial charge in [-0.1, -0.05) is 0 Å². The smallest absolute Gasteiger partial charge is 0.317 e. The van der Waals surface area contributed by atoms with E-state index in [1.807, 2.05) is 0 Å². The molecule has 0 aromatic carbocycles. The van der Waals surface area contributed by atoms with Crippen molar-refractivity contribution in [3.8, 4) is 0 Å². The van der Waals surface area contributed by atoms with Crippen molar-refractivity contribution < 1.29 is 40.2 Å². The van der Waals surface area contributed by atoms with Gasteiger partial charge in [-0.2, -0.15) is 8.78 Å². The fraction of sp³-hybridized carbons (Fsp3) is 1.00. The molecule has 3 fully saturated rings. The molecule has 2 unspecified atom stereocenters. The summed E-state index contributed by atoms with van der Waals surface area (Å²) in [5.41, 5.74) is 0. The van der Waals surface area contributed by atoms with Crippen LogP contribution in [0, 0.1) is 17.8 Å². The van der Waals surface area contributed by atoms with Crippen molar-refractivity contribution >= 4 is 11.6 Å². The van der Waals surface area contributed by atoms with E-state index in [1.165, 1.54) is 0 Å². The number of hydrogen-bond donors (Lipinski definition) is 0. The van der Waals surface area contributed by atoms with Crippen LogP contribution in [-0.4, -0.2) is 42.4 Å². The number of halogens is 8. The lowest BCUT2D eigenvalue weighted by Crippen LogP contribution is -2.50. The van der Waals surface area contributed by atoms with Crippen LogP contribution >= 0.6 is 11.6 Å². The topological polar surface area (TPSA) is 18.5 Å². The fourth-order valence-electron chi connectivity index (χ4n) is 5.37. The largest absolute Gasteiger partial charge is 0.522 e. The average molecular weight is 469 g/mol. The molecule has 10 heteroatoms. The Bertz CT molecular complexity index is 534. The van der Waals surface area contributed by atoms with Crippen molar-refractivity contribution in [2.45, 2.75) is 107 Å². The summed E-state index contributed by atoms with van der Waals surface area (Å²) in [5, 5.41) is -0.797. The Morgan fingerprint density at radius 3 is 1.43 bits per heavy atom.